The number of carbonyl (C=O) groups excluding carboxylic acids is 1. The summed E-state index contributed by atoms with van der Waals surface area (Å²) in [5, 5.41) is 29.3. The van der Waals surface area contributed by atoms with E-state index >= 15 is 0 Å². The van der Waals surface area contributed by atoms with Crippen LogP contribution in [0.2, 0.25) is 0 Å². The number of ether oxygens (including phenoxy) is 1. The van der Waals surface area contributed by atoms with Crippen molar-refractivity contribution >= 4 is 44.5 Å². The van der Waals surface area contributed by atoms with Gasteiger partial charge in [0, 0.05) is 6.42 Å². The molecule has 1 heterocycles. The van der Waals surface area contributed by atoms with Gasteiger partial charge in [0.15, 0.2) is 5.78 Å². The molecule has 0 bridgehead atoms. The van der Waals surface area contributed by atoms with Crippen molar-refractivity contribution in [1.29, 1.82) is 5.26 Å². The highest BCUT2D eigenvalue weighted by Crippen LogP contribution is 2.38. The average Bonchev–Trinajstić information content (AvgIpc) is 3.25. The summed E-state index contributed by atoms with van der Waals surface area (Å²) in [5.41, 5.74) is 3.20. The van der Waals surface area contributed by atoms with Crippen LogP contribution in [0.3, 0.4) is 0 Å². The Labute approximate surface area is 197 Å². The van der Waals surface area contributed by atoms with E-state index in [4.69, 9.17) is 9.84 Å². The van der Waals surface area contributed by atoms with E-state index in [0.717, 1.165) is 10.2 Å². The Morgan fingerprint density at radius 3 is 2.71 bits per heavy atom. The first kappa shape index (κ1) is 21.4. The van der Waals surface area contributed by atoms with Crippen LogP contribution in [0.25, 0.3) is 21.4 Å². The van der Waals surface area contributed by atoms with Crippen molar-refractivity contribution in [2.45, 2.75) is 13.0 Å². The van der Waals surface area contributed by atoms with Crippen LogP contribution >= 0.6 is 11.3 Å². The molecular weight excluding hydrogens is 452 g/mol. The van der Waals surface area contributed by atoms with Gasteiger partial charge in [0.25, 0.3) is 0 Å². The molecule has 0 atom stereocenters. The van der Waals surface area contributed by atoms with Crippen LogP contribution < -0.4 is 4.74 Å². The molecule has 0 saturated carbocycles. The van der Waals surface area contributed by atoms with Crippen molar-refractivity contribution < 1.29 is 24.5 Å². The Balaban J connectivity index is 1.44. The van der Waals surface area contributed by atoms with Crippen molar-refractivity contribution in [1.82, 2.24) is 4.98 Å². The monoisotopic (exact) mass is 468 g/mol. The second-order valence-electron chi connectivity index (χ2n) is 7.71. The largest absolute Gasteiger partial charge is 0.507 e. The highest BCUT2D eigenvalue weighted by atomic mass is 32.1. The summed E-state index contributed by atoms with van der Waals surface area (Å²) in [4.78, 5) is 28.7. The first-order chi connectivity index (χ1) is 16.4. The number of nitriles is 1. The zero-order valence-electron chi connectivity index (χ0n) is 17.6. The van der Waals surface area contributed by atoms with Crippen molar-refractivity contribution in [3.8, 4) is 17.6 Å². The first-order valence-electron chi connectivity index (χ1n) is 10.3. The summed E-state index contributed by atoms with van der Waals surface area (Å²) in [6.45, 7) is 0.0953. The maximum atomic E-state index is 13.1. The molecule has 0 aliphatic heterocycles. The molecule has 2 N–H and O–H groups in total. The SMILES string of the molecule is N#CC1=C(c2nc3ccccc3s2)C(=O)Cc2cc(OCc3ccc(C(=O)O)c(O)c3)ccc21. The second-order valence-corrected chi connectivity index (χ2v) is 8.74. The van der Waals surface area contributed by atoms with Crippen LogP contribution in [0.4, 0.5) is 0 Å². The van der Waals surface area contributed by atoms with Gasteiger partial charge in [0.1, 0.15) is 34.7 Å². The van der Waals surface area contributed by atoms with Crippen LogP contribution in [0.5, 0.6) is 11.5 Å². The van der Waals surface area contributed by atoms with Crippen molar-refractivity contribution in [3.05, 3.63) is 87.9 Å². The number of Topliss-reactive ketones (excluding diaryl/α,β-unsaturated/α-hetero) is 1. The number of benzene rings is 3. The van der Waals surface area contributed by atoms with Crippen LogP contribution in [0, 0.1) is 11.3 Å². The molecule has 0 radical (unpaired) electrons. The van der Waals surface area contributed by atoms with Gasteiger partial charge in [0.2, 0.25) is 0 Å². The van der Waals surface area contributed by atoms with Gasteiger partial charge in [-0.3, -0.25) is 4.79 Å². The van der Waals surface area contributed by atoms with Gasteiger partial charge in [0.05, 0.1) is 21.4 Å². The van der Waals surface area contributed by atoms with E-state index in [9.17, 15) is 20.0 Å². The van der Waals surface area contributed by atoms with Crippen LogP contribution in [-0.4, -0.2) is 26.9 Å². The van der Waals surface area contributed by atoms with Gasteiger partial charge in [-0.2, -0.15) is 5.26 Å². The number of carboxylic acids is 1. The van der Waals surface area contributed by atoms with E-state index in [-0.39, 0.29) is 30.1 Å². The fraction of sp³-hybridized carbons (Fsp3) is 0.0769. The zero-order valence-corrected chi connectivity index (χ0v) is 18.4. The molecule has 4 aromatic rings. The summed E-state index contributed by atoms with van der Waals surface area (Å²) >= 11 is 1.39. The maximum absolute atomic E-state index is 13.1. The predicted molar refractivity (Wildman–Crippen MR) is 127 cm³/mol. The molecule has 0 amide bonds. The first-order valence-corrected chi connectivity index (χ1v) is 11.1. The minimum atomic E-state index is -1.21. The van der Waals surface area contributed by atoms with E-state index < -0.39 is 5.97 Å². The molecule has 0 unspecified atom stereocenters. The van der Waals surface area contributed by atoms with Crippen LogP contribution in [0.1, 0.15) is 32.1 Å². The minimum Gasteiger partial charge on any atom is -0.507 e. The van der Waals surface area contributed by atoms with Crippen LogP contribution in [0.15, 0.2) is 60.7 Å². The lowest BCUT2D eigenvalue weighted by Gasteiger charge is -2.18. The Kier molecular flexibility index (Phi) is 5.32. The van der Waals surface area contributed by atoms with Gasteiger partial charge >= 0.3 is 5.97 Å². The van der Waals surface area contributed by atoms with Crippen LogP contribution in [-0.2, 0) is 17.8 Å². The molecule has 34 heavy (non-hydrogen) atoms. The third kappa shape index (κ3) is 3.78. The minimum absolute atomic E-state index is 0.0953. The molecule has 5 rings (SSSR count). The lowest BCUT2D eigenvalue weighted by molar-refractivity contribution is -0.113. The summed E-state index contributed by atoms with van der Waals surface area (Å²) in [6, 6.07) is 19.2. The van der Waals surface area contributed by atoms with Gasteiger partial charge in [-0.1, -0.05) is 18.2 Å². The summed E-state index contributed by atoms with van der Waals surface area (Å²) in [6.07, 6.45) is 0.122. The topological polar surface area (TPSA) is 121 Å². The fourth-order valence-corrected chi connectivity index (χ4v) is 4.96. The van der Waals surface area contributed by atoms with E-state index in [1.807, 2.05) is 24.3 Å². The number of fused-ring (bicyclic) bond motifs is 2. The number of ketones is 1. The lowest BCUT2D eigenvalue weighted by atomic mass is 9.85. The Bertz CT molecular complexity index is 1530. The third-order valence-corrected chi connectivity index (χ3v) is 6.60. The molecule has 1 aliphatic carbocycles. The van der Waals surface area contributed by atoms with E-state index in [0.29, 0.717) is 38.6 Å². The number of aromatic hydroxyl groups is 1. The summed E-state index contributed by atoms with van der Waals surface area (Å²) < 4.78 is 6.74. The highest BCUT2D eigenvalue weighted by Gasteiger charge is 2.29. The third-order valence-electron chi connectivity index (χ3n) is 5.54. The molecule has 3 aromatic carbocycles. The van der Waals surface area contributed by atoms with E-state index in [2.05, 4.69) is 11.1 Å². The highest BCUT2D eigenvalue weighted by molar-refractivity contribution is 7.20. The number of para-hydroxylation sites is 1. The van der Waals surface area contributed by atoms with Gasteiger partial charge in [-0.25, -0.2) is 9.78 Å². The zero-order chi connectivity index (χ0) is 23.8. The maximum Gasteiger partial charge on any atom is 0.339 e. The van der Waals surface area contributed by atoms with E-state index in [1.165, 1.54) is 23.5 Å². The van der Waals surface area contributed by atoms with E-state index in [1.54, 1.807) is 24.3 Å². The van der Waals surface area contributed by atoms with Gasteiger partial charge in [-0.15, -0.1) is 11.3 Å². The number of aromatic nitrogens is 1. The number of allylic oxidation sites excluding steroid dienone is 2. The molecule has 0 spiro atoms. The predicted octanol–water partition coefficient (Wildman–Crippen LogP) is 4.84. The molecule has 1 aliphatic rings. The standard InChI is InChI=1S/C26H16N2O5S/c27-12-19-17-8-6-16(33-13-14-5-7-18(26(31)32)21(29)9-14)10-15(17)11-22(30)24(19)25-28-20-3-1-2-4-23(20)34-25/h1-10,29H,11,13H2,(H,31,32). The molecule has 8 heteroatoms. The lowest BCUT2D eigenvalue weighted by Crippen LogP contribution is -2.15. The number of carbonyl (C=O) groups is 2. The Morgan fingerprint density at radius 1 is 1.15 bits per heavy atom. The quantitative estimate of drug-likeness (QED) is 0.430. The number of rotatable bonds is 5. The molecule has 0 saturated heterocycles. The van der Waals surface area contributed by atoms with Gasteiger partial charge in [-0.05, 0) is 59.2 Å². The van der Waals surface area contributed by atoms with Crippen molar-refractivity contribution in [2.75, 3.05) is 0 Å². The Morgan fingerprint density at radius 2 is 1.97 bits per heavy atom. The number of nitrogens with zero attached hydrogens (tertiary/aromatic N) is 2. The molecule has 1 aromatic heterocycles. The number of carboxylic acid groups (broad SMARTS) is 1. The smallest absolute Gasteiger partial charge is 0.339 e. The molecule has 7 nitrogen and oxygen atoms in total. The summed E-state index contributed by atoms with van der Waals surface area (Å²) in [5.74, 6) is -1.23. The number of aromatic carboxylic acids is 1. The molecule has 0 fully saturated rings. The number of hydrogen-bond donors (Lipinski definition) is 2. The van der Waals surface area contributed by atoms with Crippen molar-refractivity contribution in [3.63, 3.8) is 0 Å². The van der Waals surface area contributed by atoms with Crippen molar-refractivity contribution in [2.24, 2.45) is 0 Å². The normalized spacial score (nSPS) is 13.0. The number of thiazole rings is 1. The molecular formula is C26H16N2O5S. The summed E-state index contributed by atoms with van der Waals surface area (Å²) in [7, 11) is 0. The fourth-order valence-electron chi connectivity index (χ4n) is 3.92. The van der Waals surface area contributed by atoms with Gasteiger partial charge < -0.3 is 14.9 Å². The average molecular weight is 468 g/mol. The second kappa shape index (κ2) is 8.46. The number of phenols is 1. The molecule has 166 valence electrons. The number of hydrogen-bond acceptors (Lipinski definition) is 7. The Hall–Kier alpha value is -4.48.